The van der Waals surface area contributed by atoms with Crippen molar-refractivity contribution in [3.63, 3.8) is 0 Å². The maximum absolute atomic E-state index is 5.74. The highest BCUT2D eigenvalue weighted by molar-refractivity contribution is 5.22. The van der Waals surface area contributed by atoms with Crippen LogP contribution in [0.5, 0.6) is 0 Å². The molecule has 18 heavy (non-hydrogen) atoms. The van der Waals surface area contributed by atoms with Gasteiger partial charge in [-0.15, -0.1) is 0 Å². The molecule has 0 atom stereocenters. The lowest BCUT2D eigenvalue weighted by atomic mass is 10.1. The third kappa shape index (κ3) is 2.44. The minimum absolute atomic E-state index is 0.288. The minimum Gasteiger partial charge on any atom is -0.346 e. The van der Waals surface area contributed by atoms with E-state index in [-0.39, 0.29) is 5.79 Å². The van der Waals surface area contributed by atoms with Gasteiger partial charge in [0.1, 0.15) is 0 Å². The van der Waals surface area contributed by atoms with Crippen molar-refractivity contribution in [1.29, 1.82) is 0 Å². The summed E-state index contributed by atoms with van der Waals surface area (Å²) in [5.74, 6) is -0.288. The Morgan fingerprint density at radius 1 is 1.11 bits per heavy atom. The van der Waals surface area contributed by atoms with E-state index in [1.54, 1.807) is 0 Å². The summed E-state index contributed by atoms with van der Waals surface area (Å²) in [5.41, 5.74) is 2.78. The smallest absolute Gasteiger partial charge is 0.182 e. The van der Waals surface area contributed by atoms with Crippen molar-refractivity contribution in [2.45, 2.75) is 32.1 Å². The molecule has 0 unspecified atom stereocenters. The van der Waals surface area contributed by atoms with Crippen LogP contribution in [0.1, 0.15) is 24.5 Å². The molecule has 0 aliphatic carbocycles. The Balaban J connectivity index is 1.60. The summed E-state index contributed by atoms with van der Waals surface area (Å²) in [4.78, 5) is 2.42. The second-order valence-corrected chi connectivity index (χ2v) is 5.24. The molecular formula is C15H21NO2. The van der Waals surface area contributed by atoms with Gasteiger partial charge in [-0.3, -0.25) is 4.90 Å². The summed E-state index contributed by atoms with van der Waals surface area (Å²) < 4.78 is 11.5. The molecule has 0 saturated carbocycles. The molecule has 3 heteroatoms. The van der Waals surface area contributed by atoms with Crippen LogP contribution in [-0.2, 0) is 22.4 Å². The predicted molar refractivity (Wildman–Crippen MR) is 70.3 cm³/mol. The molecule has 1 aromatic carbocycles. The van der Waals surface area contributed by atoms with Gasteiger partial charge in [0.25, 0.3) is 0 Å². The Morgan fingerprint density at radius 3 is 2.44 bits per heavy atom. The van der Waals surface area contributed by atoms with Crippen molar-refractivity contribution in [1.82, 2.24) is 4.90 Å². The first-order valence-electron chi connectivity index (χ1n) is 6.88. The number of benzene rings is 1. The summed E-state index contributed by atoms with van der Waals surface area (Å²) in [5, 5.41) is 0. The van der Waals surface area contributed by atoms with Crippen LogP contribution in [0.2, 0.25) is 0 Å². The first kappa shape index (κ1) is 12.2. The van der Waals surface area contributed by atoms with Crippen LogP contribution in [0.25, 0.3) is 0 Å². The van der Waals surface area contributed by atoms with Crippen molar-refractivity contribution in [2.75, 3.05) is 26.3 Å². The van der Waals surface area contributed by atoms with Crippen LogP contribution < -0.4 is 0 Å². The Morgan fingerprint density at radius 2 is 1.78 bits per heavy atom. The largest absolute Gasteiger partial charge is 0.346 e. The molecule has 0 N–H and O–H groups in total. The molecule has 0 amide bonds. The SMILES string of the molecule is CCc1ccc(CN2CCC3(C2)OCCO3)cc1. The maximum Gasteiger partial charge on any atom is 0.182 e. The summed E-state index contributed by atoms with van der Waals surface area (Å²) in [6.45, 7) is 6.66. The zero-order chi connectivity index (χ0) is 12.4. The van der Waals surface area contributed by atoms with Gasteiger partial charge in [-0.05, 0) is 17.5 Å². The second-order valence-electron chi connectivity index (χ2n) is 5.24. The lowest BCUT2D eigenvalue weighted by Gasteiger charge is -2.22. The van der Waals surface area contributed by atoms with Crippen molar-refractivity contribution < 1.29 is 9.47 Å². The molecule has 3 rings (SSSR count). The van der Waals surface area contributed by atoms with Crippen LogP contribution in [0.4, 0.5) is 0 Å². The molecule has 2 fully saturated rings. The van der Waals surface area contributed by atoms with E-state index < -0.39 is 0 Å². The Kier molecular flexibility index (Phi) is 3.37. The van der Waals surface area contributed by atoms with E-state index in [0.29, 0.717) is 0 Å². The molecule has 0 aromatic heterocycles. The van der Waals surface area contributed by atoms with E-state index in [1.807, 2.05) is 0 Å². The number of nitrogens with zero attached hydrogens (tertiary/aromatic N) is 1. The quantitative estimate of drug-likeness (QED) is 0.817. The molecule has 3 nitrogen and oxygen atoms in total. The van der Waals surface area contributed by atoms with Crippen molar-refractivity contribution in [3.05, 3.63) is 35.4 Å². The number of ether oxygens (including phenoxy) is 2. The number of rotatable bonds is 3. The zero-order valence-electron chi connectivity index (χ0n) is 11.0. The van der Waals surface area contributed by atoms with Gasteiger partial charge in [-0.2, -0.15) is 0 Å². The highest BCUT2D eigenvalue weighted by Gasteiger charge is 2.42. The topological polar surface area (TPSA) is 21.7 Å². The Labute approximate surface area is 109 Å². The van der Waals surface area contributed by atoms with E-state index in [2.05, 4.69) is 36.1 Å². The fourth-order valence-corrected chi connectivity index (χ4v) is 2.83. The summed E-state index contributed by atoms with van der Waals surface area (Å²) >= 11 is 0. The molecule has 1 aromatic rings. The first-order valence-corrected chi connectivity index (χ1v) is 6.88. The highest BCUT2D eigenvalue weighted by atomic mass is 16.7. The fraction of sp³-hybridized carbons (Fsp3) is 0.600. The summed E-state index contributed by atoms with van der Waals surface area (Å²) in [7, 11) is 0. The van der Waals surface area contributed by atoms with Gasteiger partial charge < -0.3 is 9.47 Å². The Hall–Kier alpha value is -0.900. The molecular weight excluding hydrogens is 226 g/mol. The number of likely N-dealkylation sites (tertiary alicyclic amines) is 1. The van der Waals surface area contributed by atoms with Gasteiger partial charge in [-0.25, -0.2) is 0 Å². The van der Waals surface area contributed by atoms with Crippen LogP contribution in [0, 0.1) is 0 Å². The Bertz CT molecular complexity index is 395. The van der Waals surface area contributed by atoms with Crippen molar-refractivity contribution in [2.24, 2.45) is 0 Å². The average molecular weight is 247 g/mol. The molecule has 98 valence electrons. The van der Waals surface area contributed by atoms with Crippen LogP contribution in [-0.4, -0.2) is 37.0 Å². The monoisotopic (exact) mass is 247 g/mol. The molecule has 0 bridgehead atoms. The van der Waals surface area contributed by atoms with Crippen LogP contribution in [0.15, 0.2) is 24.3 Å². The molecule has 2 aliphatic heterocycles. The molecule has 2 heterocycles. The third-order valence-corrected chi connectivity index (χ3v) is 3.92. The van der Waals surface area contributed by atoms with Crippen LogP contribution >= 0.6 is 0 Å². The third-order valence-electron chi connectivity index (χ3n) is 3.92. The molecule has 2 saturated heterocycles. The van der Waals surface area contributed by atoms with E-state index in [4.69, 9.17) is 9.47 Å². The molecule has 0 radical (unpaired) electrons. The number of hydrogen-bond donors (Lipinski definition) is 0. The van der Waals surface area contributed by atoms with Crippen LogP contribution in [0.3, 0.4) is 0 Å². The van der Waals surface area contributed by atoms with Gasteiger partial charge >= 0.3 is 0 Å². The van der Waals surface area contributed by atoms with Gasteiger partial charge in [0.15, 0.2) is 5.79 Å². The predicted octanol–water partition coefficient (Wildman–Crippen LogP) is 2.20. The second kappa shape index (κ2) is 5.00. The summed E-state index contributed by atoms with van der Waals surface area (Å²) in [6.07, 6.45) is 2.11. The average Bonchev–Trinajstić information content (AvgIpc) is 3.02. The van der Waals surface area contributed by atoms with E-state index in [1.165, 1.54) is 11.1 Å². The van der Waals surface area contributed by atoms with Gasteiger partial charge in [0.2, 0.25) is 0 Å². The van der Waals surface area contributed by atoms with Gasteiger partial charge in [0.05, 0.1) is 19.8 Å². The fourth-order valence-electron chi connectivity index (χ4n) is 2.83. The number of aryl methyl sites for hydroxylation is 1. The van der Waals surface area contributed by atoms with Gasteiger partial charge in [-0.1, -0.05) is 31.2 Å². The van der Waals surface area contributed by atoms with Crippen molar-refractivity contribution >= 4 is 0 Å². The minimum atomic E-state index is -0.288. The summed E-state index contributed by atoms with van der Waals surface area (Å²) in [6, 6.07) is 8.92. The first-order chi connectivity index (χ1) is 8.80. The van der Waals surface area contributed by atoms with Gasteiger partial charge in [0, 0.05) is 19.5 Å². The van der Waals surface area contributed by atoms with E-state index >= 15 is 0 Å². The molecule has 1 spiro atoms. The zero-order valence-corrected chi connectivity index (χ0v) is 11.0. The molecule has 2 aliphatic rings. The normalized spacial score (nSPS) is 22.9. The lowest BCUT2D eigenvalue weighted by Crippen LogP contribution is -2.34. The maximum atomic E-state index is 5.74. The number of hydrogen-bond acceptors (Lipinski definition) is 3. The van der Waals surface area contributed by atoms with E-state index in [9.17, 15) is 0 Å². The van der Waals surface area contributed by atoms with Crippen molar-refractivity contribution in [3.8, 4) is 0 Å². The highest BCUT2D eigenvalue weighted by Crippen LogP contribution is 2.31. The standard InChI is InChI=1S/C15H21NO2/c1-2-13-3-5-14(6-4-13)11-16-8-7-15(12-16)17-9-10-18-15/h3-6H,2,7-12H2,1H3. The van der Waals surface area contributed by atoms with E-state index in [0.717, 1.165) is 45.7 Å². The lowest BCUT2D eigenvalue weighted by molar-refractivity contribution is -0.145.